The van der Waals surface area contributed by atoms with Gasteiger partial charge in [0.05, 0.1) is 5.56 Å². The number of benzene rings is 3. The third kappa shape index (κ3) is 3.78. The lowest BCUT2D eigenvalue weighted by atomic mass is 9.77. The monoisotopic (exact) mass is 442 g/mol. The van der Waals surface area contributed by atoms with Crippen molar-refractivity contribution in [1.29, 1.82) is 0 Å². The average molecular weight is 443 g/mol. The van der Waals surface area contributed by atoms with E-state index in [4.69, 9.17) is 4.74 Å². The van der Waals surface area contributed by atoms with Crippen molar-refractivity contribution in [3.8, 4) is 0 Å². The number of fused-ring (bicyclic) bond motifs is 1. The van der Waals surface area contributed by atoms with Crippen LogP contribution in [0.5, 0.6) is 0 Å². The Bertz CT molecular complexity index is 1160. The number of cyclic esters (lactones) is 1. The maximum Gasteiger partial charge on any atom is 0.340 e. The van der Waals surface area contributed by atoms with Gasteiger partial charge in [0.1, 0.15) is 0 Å². The normalized spacial score (nSPS) is 17.0. The Morgan fingerprint density at radius 2 is 1.45 bits per heavy atom. The smallest absolute Gasteiger partial charge is 0.340 e. The van der Waals surface area contributed by atoms with E-state index in [9.17, 15) is 4.79 Å². The topological polar surface area (TPSA) is 32.8 Å². The molecule has 3 aromatic carbocycles. The molecule has 1 aliphatic heterocycles. The van der Waals surface area contributed by atoms with Crippen molar-refractivity contribution in [2.45, 2.75) is 39.7 Å². The van der Waals surface area contributed by atoms with Gasteiger partial charge in [-0.25, -0.2) is 4.79 Å². The third-order valence-electron chi connectivity index (χ3n) is 6.85. The maximum atomic E-state index is 13.3. The summed E-state index contributed by atoms with van der Waals surface area (Å²) < 4.78 is 6.36. The van der Waals surface area contributed by atoms with Gasteiger partial charge in [-0.05, 0) is 62.6 Å². The van der Waals surface area contributed by atoms with Gasteiger partial charge in [0.2, 0.25) is 0 Å². The summed E-state index contributed by atoms with van der Waals surface area (Å²) >= 11 is 0. The van der Waals surface area contributed by atoms with Crippen molar-refractivity contribution < 1.29 is 9.53 Å². The molecule has 0 aliphatic carbocycles. The van der Waals surface area contributed by atoms with Gasteiger partial charge in [-0.15, -0.1) is 0 Å². The fourth-order valence-electron chi connectivity index (χ4n) is 4.91. The van der Waals surface area contributed by atoms with Crippen LogP contribution < -0.4 is 9.80 Å². The highest BCUT2D eigenvalue weighted by molar-refractivity contribution is 5.97. The van der Waals surface area contributed by atoms with Crippen molar-refractivity contribution in [2.24, 2.45) is 0 Å². The Labute approximate surface area is 197 Å². The van der Waals surface area contributed by atoms with Gasteiger partial charge >= 0.3 is 5.97 Å². The van der Waals surface area contributed by atoms with Gasteiger partial charge in [-0.2, -0.15) is 0 Å². The minimum absolute atomic E-state index is 0.277. The number of hydrogen-bond donors (Lipinski definition) is 0. The Hall–Kier alpha value is -3.27. The van der Waals surface area contributed by atoms with Gasteiger partial charge in [0, 0.05) is 55.2 Å². The molecule has 1 unspecified atom stereocenters. The Kier molecular flexibility index (Phi) is 6.20. The van der Waals surface area contributed by atoms with E-state index in [0.717, 1.165) is 47.5 Å². The average Bonchev–Trinajstić information content (AvgIpc) is 3.12. The van der Waals surface area contributed by atoms with Crippen LogP contribution in [0.4, 0.5) is 11.4 Å². The van der Waals surface area contributed by atoms with Crippen LogP contribution in [0.2, 0.25) is 0 Å². The fraction of sp³-hybridized carbons (Fsp3) is 0.345. The summed E-state index contributed by atoms with van der Waals surface area (Å²) in [7, 11) is 3.96. The number of aryl methyl sites for hydroxylation is 2. The minimum Gasteiger partial charge on any atom is -0.441 e. The molecule has 1 aliphatic rings. The SMILES string of the molecule is CCc1ccc(C2(c3ccc(N(CC)CC)cc3C)OC(=O)c3cc(N(C)C)ccc32)cc1. The number of carbonyl (C=O) groups is 1. The number of rotatable bonds is 7. The molecule has 0 saturated carbocycles. The summed E-state index contributed by atoms with van der Waals surface area (Å²) in [6.07, 6.45) is 0.966. The van der Waals surface area contributed by atoms with Gasteiger partial charge in [-0.1, -0.05) is 43.3 Å². The van der Waals surface area contributed by atoms with Crippen molar-refractivity contribution in [3.05, 3.63) is 94.0 Å². The van der Waals surface area contributed by atoms with Crippen LogP contribution in [0, 0.1) is 6.92 Å². The number of anilines is 2. The molecular formula is C29H34N2O2. The van der Waals surface area contributed by atoms with E-state index in [0.29, 0.717) is 5.56 Å². The predicted molar refractivity (Wildman–Crippen MR) is 137 cm³/mol. The number of nitrogens with zero attached hydrogens (tertiary/aromatic N) is 2. The summed E-state index contributed by atoms with van der Waals surface area (Å²) in [5.74, 6) is -0.277. The van der Waals surface area contributed by atoms with E-state index >= 15 is 0 Å². The van der Waals surface area contributed by atoms with Crippen molar-refractivity contribution in [2.75, 3.05) is 37.0 Å². The molecule has 4 nitrogen and oxygen atoms in total. The Balaban J connectivity index is 1.96. The predicted octanol–water partition coefficient (Wildman–Crippen LogP) is 5.93. The second kappa shape index (κ2) is 8.93. The number of ether oxygens (including phenoxy) is 1. The quantitative estimate of drug-likeness (QED) is 0.425. The molecule has 33 heavy (non-hydrogen) atoms. The van der Waals surface area contributed by atoms with Gasteiger partial charge in [-0.3, -0.25) is 0 Å². The summed E-state index contributed by atoms with van der Waals surface area (Å²) in [6, 6.07) is 21.1. The molecule has 0 fully saturated rings. The van der Waals surface area contributed by atoms with Crippen LogP contribution in [-0.4, -0.2) is 33.2 Å². The zero-order valence-electron chi connectivity index (χ0n) is 20.6. The van der Waals surface area contributed by atoms with E-state index in [1.807, 2.05) is 25.1 Å². The minimum atomic E-state index is -0.963. The second-order valence-electron chi connectivity index (χ2n) is 8.92. The number of esters is 1. The highest BCUT2D eigenvalue weighted by Gasteiger charge is 2.49. The number of carbonyl (C=O) groups excluding carboxylic acids is 1. The first-order valence-electron chi connectivity index (χ1n) is 11.9. The molecule has 0 spiro atoms. The molecular weight excluding hydrogens is 408 g/mol. The Morgan fingerprint density at radius 3 is 2.03 bits per heavy atom. The molecule has 172 valence electrons. The van der Waals surface area contributed by atoms with E-state index < -0.39 is 5.60 Å². The molecule has 0 amide bonds. The van der Waals surface area contributed by atoms with E-state index in [1.165, 1.54) is 11.3 Å². The van der Waals surface area contributed by atoms with Crippen LogP contribution in [0.15, 0.2) is 60.7 Å². The molecule has 0 radical (unpaired) electrons. The lowest BCUT2D eigenvalue weighted by Crippen LogP contribution is -2.31. The summed E-state index contributed by atoms with van der Waals surface area (Å²) in [4.78, 5) is 17.6. The van der Waals surface area contributed by atoms with Crippen LogP contribution in [-0.2, 0) is 16.8 Å². The second-order valence-corrected chi connectivity index (χ2v) is 8.92. The Morgan fingerprint density at radius 1 is 0.818 bits per heavy atom. The van der Waals surface area contributed by atoms with Gasteiger partial charge in [0.15, 0.2) is 5.60 Å². The highest BCUT2D eigenvalue weighted by Crippen LogP contribution is 2.49. The van der Waals surface area contributed by atoms with Crippen molar-refractivity contribution in [3.63, 3.8) is 0 Å². The summed E-state index contributed by atoms with van der Waals surface area (Å²) in [6.45, 7) is 10.5. The van der Waals surface area contributed by atoms with E-state index in [-0.39, 0.29) is 5.97 Å². The molecule has 4 heteroatoms. The first-order valence-corrected chi connectivity index (χ1v) is 11.9. The summed E-state index contributed by atoms with van der Waals surface area (Å²) in [5, 5.41) is 0. The molecule has 0 N–H and O–H groups in total. The largest absolute Gasteiger partial charge is 0.441 e. The van der Waals surface area contributed by atoms with Crippen molar-refractivity contribution >= 4 is 17.3 Å². The molecule has 0 bridgehead atoms. The van der Waals surface area contributed by atoms with E-state index in [1.54, 1.807) is 0 Å². The van der Waals surface area contributed by atoms with Crippen LogP contribution in [0.25, 0.3) is 0 Å². The lowest BCUT2D eigenvalue weighted by Gasteiger charge is -2.33. The standard InChI is InChI=1S/C29H34N2O2/c1-7-21-10-12-22(13-11-21)29(26-16-15-24(18-20(26)4)31(8-2)9-3)27-17-14-23(30(5)6)19-25(27)28(32)33-29/h10-19H,7-9H2,1-6H3. The molecule has 0 saturated heterocycles. The zero-order valence-corrected chi connectivity index (χ0v) is 20.6. The first kappa shape index (κ1) is 22.9. The van der Waals surface area contributed by atoms with Gasteiger partial charge < -0.3 is 14.5 Å². The van der Waals surface area contributed by atoms with Crippen LogP contribution >= 0.6 is 0 Å². The highest BCUT2D eigenvalue weighted by atomic mass is 16.6. The van der Waals surface area contributed by atoms with Crippen LogP contribution in [0.1, 0.15) is 58.9 Å². The van der Waals surface area contributed by atoms with E-state index in [2.05, 4.69) is 87.2 Å². The number of hydrogen-bond acceptors (Lipinski definition) is 4. The maximum absolute atomic E-state index is 13.3. The first-order chi connectivity index (χ1) is 15.8. The van der Waals surface area contributed by atoms with Crippen LogP contribution in [0.3, 0.4) is 0 Å². The molecule has 3 aromatic rings. The summed E-state index contributed by atoms with van der Waals surface area (Å²) in [5.41, 5.74) is 7.09. The van der Waals surface area contributed by atoms with Gasteiger partial charge in [0.25, 0.3) is 0 Å². The zero-order chi connectivity index (χ0) is 23.8. The fourth-order valence-corrected chi connectivity index (χ4v) is 4.91. The third-order valence-corrected chi connectivity index (χ3v) is 6.85. The molecule has 0 aromatic heterocycles. The molecule has 4 rings (SSSR count). The molecule has 1 heterocycles. The van der Waals surface area contributed by atoms with Crippen molar-refractivity contribution in [1.82, 2.24) is 0 Å². The molecule has 1 atom stereocenters. The lowest BCUT2D eigenvalue weighted by molar-refractivity contribution is 0.0250.